The SMILES string of the molecule is COc1ccc(C(SC[C@H](N)C(=O)NCCOCCNC(=O)C2CC2)(c2ccccc2)c2ccccc2)cc1. The minimum absolute atomic E-state index is 0.104. The molecule has 1 aliphatic carbocycles. The first-order chi connectivity index (χ1) is 19.0. The van der Waals surface area contributed by atoms with E-state index in [0.29, 0.717) is 32.1 Å². The highest BCUT2D eigenvalue weighted by molar-refractivity contribution is 8.00. The molecule has 0 aromatic heterocycles. The summed E-state index contributed by atoms with van der Waals surface area (Å²) in [7, 11) is 1.65. The first kappa shape index (κ1) is 28.7. The van der Waals surface area contributed by atoms with Crippen molar-refractivity contribution in [1.82, 2.24) is 10.6 Å². The summed E-state index contributed by atoms with van der Waals surface area (Å²) in [5, 5.41) is 5.73. The molecule has 0 unspecified atom stereocenters. The van der Waals surface area contributed by atoms with Crippen LogP contribution in [0.5, 0.6) is 5.75 Å². The molecule has 0 spiro atoms. The van der Waals surface area contributed by atoms with E-state index in [2.05, 4.69) is 47.0 Å². The molecule has 3 aromatic carbocycles. The minimum atomic E-state index is -0.710. The van der Waals surface area contributed by atoms with Crippen molar-refractivity contribution in [3.05, 3.63) is 102 Å². The fraction of sp³-hybridized carbons (Fsp3) is 0.355. The second kappa shape index (κ2) is 14.2. The standard InChI is InChI=1S/C31H37N3O4S/c1-37-27-16-14-26(15-17-27)31(24-8-4-2-5-9-24,25-10-6-3-7-11-25)39-22-28(32)30(36)34-19-21-38-20-18-33-29(35)23-12-13-23/h2-11,14-17,23,28H,12-13,18-22,32H2,1H3,(H,33,35)(H,34,36)/t28-/m0/s1. The van der Waals surface area contributed by atoms with E-state index < -0.39 is 10.8 Å². The van der Waals surface area contributed by atoms with Crippen molar-refractivity contribution in [3.63, 3.8) is 0 Å². The van der Waals surface area contributed by atoms with Crippen LogP contribution in [-0.2, 0) is 19.1 Å². The van der Waals surface area contributed by atoms with E-state index in [1.807, 2.05) is 48.5 Å². The lowest BCUT2D eigenvalue weighted by Crippen LogP contribution is -2.44. The van der Waals surface area contributed by atoms with Crippen LogP contribution in [0.4, 0.5) is 0 Å². The average Bonchev–Trinajstić information content (AvgIpc) is 3.84. The fourth-order valence-electron chi connectivity index (χ4n) is 4.43. The van der Waals surface area contributed by atoms with Gasteiger partial charge in [-0.2, -0.15) is 0 Å². The first-order valence-electron chi connectivity index (χ1n) is 13.3. The second-order valence-corrected chi connectivity index (χ2v) is 10.8. The lowest BCUT2D eigenvalue weighted by Gasteiger charge is -2.36. The molecule has 4 N–H and O–H groups in total. The highest BCUT2D eigenvalue weighted by Gasteiger charge is 2.38. The maximum Gasteiger partial charge on any atom is 0.237 e. The first-order valence-corrected chi connectivity index (χ1v) is 14.3. The van der Waals surface area contributed by atoms with Crippen molar-refractivity contribution in [2.24, 2.45) is 11.7 Å². The third kappa shape index (κ3) is 7.62. The number of nitrogens with one attached hydrogen (secondary N) is 2. The molecule has 206 valence electrons. The highest BCUT2D eigenvalue weighted by Crippen LogP contribution is 2.48. The van der Waals surface area contributed by atoms with Crippen molar-refractivity contribution in [1.29, 1.82) is 0 Å². The minimum Gasteiger partial charge on any atom is -0.497 e. The summed E-state index contributed by atoms with van der Waals surface area (Å²) >= 11 is 1.64. The topological polar surface area (TPSA) is 103 Å². The van der Waals surface area contributed by atoms with Gasteiger partial charge in [-0.1, -0.05) is 72.8 Å². The summed E-state index contributed by atoms with van der Waals surface area (Å²) < 4.78 is 10.4. The van der Waals surface area contributed by atoms with Crippen LogP contribution >= 0.6 is 11.8 Å². The monoisotopic (exact) mass is 547 g/mol. The van der Waals surface area contributed by atoms with Gasteiger partial charge in [0, 0.05) is 24.8 Å². The summed E-state index contributed by atoms with van der Waals surface area (Å²) in [5.74, 6) is 1.25. The Kier molecular flexibility index (Phi) is 10.4. The van der Waals surface area contributed by atoms with E-state index in [9.17, 15) is 9.59 Å². The molecule has 1 aliphatic rings. The predicted octanol–water partition coefficient (Wildman–Crippen LogP) is 3.71. The van der Waals surface area contributed by atoms with E-state index in [-0.39, 0.29) is 17.7 Å². The van der Waals surface area contributed by atoms with Crippen LogP contribution in [0.25, 0.3) is 0 Å². The Morgan fingerprint density at radius 1 is 0.872 bits per heavy atom. The Morgan fingerprint density at radius 3 is 1.95 bits per heavy atom. The maximum absolute atomic E-state index is 12.8. The molecule has 3 aromatic rings. The number of ether oxygens (including phenoxy) is 2. The van der Waals surface area contributed by atoms with Gasteiger partial charge in [0.05, 0.1) is 31.1 Å². The number of methoxy groups -OCH3 is 1. The van der Waals surface area contributed by atoms with Gasteiger partial charge >= 0.3 is 0 Å². The molecule has 7 nitrogen and oxygen atoms in total. The number of benzene rings is 3. The summed E-state index contributed by atoms with van der Waals surface area (Å²) in [6.07, 6.45) is 1.96. The molecule has 0 heterocycles. The Balaban J connectivity index is 1.40. The summed E-state index contributed by atoms with van der Waals surface area (Å²) in [5.41, 5.74) is 9.66. The van der Waals surface area contributed by atoms with Gasteiger partial charge in [0.2, 0.25) is 11.8 Å². The van der Waals surface area contributed by atoms with Crippen LogP contribution in [0.3, 0.4) is 0 Å². The average molecular weight is 548 g/mol. The maximum atomic E-state index is 12.8. The molecule has 0 bridgehead atoms. The molecule has 1 saturated carbocycles. The molecule has 1 atom stereocenters. The van der Waals surface area contributed by atoms with Gasteiger partial charge in [0.1, 0.15) is 5.75 Å². The predicted molar refractivity (Wildman–Crippen MR) is 156 cm³/mol. The van der Waals surface area contributed by atoms with Crippen molar-refractivity contribution in [2.45, 2.75) is 23.6 Å². The number of thioether (sulfide) groups is 1. The molecule has 8 heteroatoms. The van der Waals surface area contributed by atoms with Crippen LogP contribution in [0.1, 0.15) is 29.5 Å². The van der Waals surface area contributed by atoms with Crippen molar-refractivity contribution in [3.8, 4) is 5.75 Å². The quantitative estimate of drug-likeness (QED) is 0.198. The molecule has 39 heavy (non-hydrogen) atoms. The van der Waals surface area contributed by atoms with Crippen molar-refractivity contribution in [2.75, 3.05) is 39.2 Å². The largest absolute Gasteiger partial charge is 0.497 e. The molecule has 2 amide bonds. The third-order valence-corrected chi connectivity index (χ3v) is 8.38. The summed E-state index contributed by atoms with van der Waals surface area (Å²) in [4.78, 5) is 24.5. The smallest absolute Gasteiger partial charge is 0.237 e. The van der Waals surface area contributed by atoms with E-state index >= 15 is 0 Å². The Labute approximate surface area is 234 Å². The van der Waals surface area contributed by atoms with E-state index in [1.54, 1.807) is 18.9 Å². The van der Waals surface area contributed by atoms with E-state index in [4.69, 9.17) is 15.2 Å². The van der Waals surface area contributed by atoms with Gasteiger partial charge in [-0.3, -0.25) is 9.59 Å². The fourth-order valence-corrected chi connectivity index (χ4v) is 5.92. The number of amides is 2. The van der Waals surface area contributed by atoms with Gasteiger partial charge in [0.15, 0.2) is 0 Å². The van der Waals surface area contributed by atoms with Crippen LogP contribution in [-0.4, -0.2) is 57.0 Å². The van der Waals surface area contributed by atoms with Gasteiger partial charge in [0.25, 0.3) is 0 Å². The molecular formula is C31H37N3O4S. The van der Waals surface area contributed by atoms with Crippen LogP contribution < -0.4 is 21.1 Å². The number of rotatable bonds is 15. The van der Waals surface area contributed by atoms with Crippen molar-refractivity contribution >= 4 is 23.6 Å². The lowest BCUT2D eigenvalue weighted by atomic mass is 9.84. The molecule has 4 rings (SSSR count). The van der Waals surface area contributed by atoms with Gasteiger partial charge < -0.3 is 25.8 Å². The Hall–Kier alpha value is -3.33. The van der Waals surface area contributed by atoms with Crippen LogP contribution in [0, 0.1) is 5.92 Å². The van der Waals surface area contributed by atoms with E-state index in [0.717, 1.165) is 35.3 Å². The third-order valence-electron chi connectivity index (χ3n) is 6.71. The van der Waals surface area contributed by atoms with Gasteiger partial charge in [-0.25, -0.2) is 0 Å². The van der Waals surface area contributed by atoms with Gasteiger partial charge in [-0.15, -0.1) is 11.8 Å². The van der Waals surface area contributed by atoms with E-state index in [1.165, 1.54) is 0 Å². The molecular weight excluding hydrogens is 510 g/mol. The Bertz CT molecular complexity index is 1150. The molecule has 0 radical (unpaired) electrons. The lowest BCUT2D eigenvalue weighted by molar-refractivity contribution is -0.122. The number of hydrogen-bond acceptors (Lipinski definition) is 6. The number of carbonyl (C=O) groups excluding carboxylic acids is 2. The summed E-state index contributed by atoms with van der Waals surface area (Å²) in [6, 6.07) is 27.9. The van der Waals surface area contributed by atoms with Gasteiger partial charge in [-0.05, 0) is 41.7 Å². The number of hydrogen-bond donors (Lipinski definition) is 3. The zero-order chi connectivity index (χ0) is 27.5. The zero-order valence-electron chi connectivity index (χ0n) is 22.3. The molecule has 1 fully saturated rings. The molecule has 0 aliphatic heterocycles. The molecule has 0 saturated heterocycles. The summed E-state index contributed by atoms with van der Waals surface area (Å²) in [6.45, 7) is 1.60. The highest BCUT2D eigenvalue weighted by atomic mass is 32.2. The van der Waals surface area contributed by atoms with Crippen LogP contribution in [0.2, 0.25) is 0 Å². The number of carbonyl (C=O) groups is 2. The van der Waals surface area contributed by atoms with Crippen molar-refractivity contribution < 1.29 is 19.1 Å². The Morgan fingerprint density at radius 2 is 1.41 bits per heavy atom. The zero-order valence-corrected chi connectivity index (χ0v) is 23.1. The van der Waals surface area contributed by atoms with Crippen LogP contribution in [0.15, 0.2) is 84.9 Å². The number of nitrogens with two attached hydrogens (primary N) is 1. The second-order valence-electron chi connectivity index (χ2n) is 9.53. The normalized spacial score (nSPS) is 13.9.